The maximum atomic E-state index is 6.67. The van der Waals surface area contributed by atoms with Gasteiger partial charge in [-0.3, -0.25) is 0 Å². The van der Waals surface area contributed by atoms with Crippen LogP contribution in [0.15, 0.2) is 60.9 Å². The zero-order valence-corrected chi connectivity index (χ0v) is 18.5. The second kappa shape index (κ2) is 6.52. The molecule has 0 atom stereocenters. The molecule has 4 aromatic carbocycles. The lowest BCUT2D eigenvalue weighted by atomic mass is 9.88. The van der Waals surface area contributed by atoms with Crippen LogP contribution < -0.4 is 9.30 Å². The smallest absolute Gasteiger partial charge is 0.287 e. The summed E-state index contributed by atoms with van der Waals surface area (Å²) < 4.78 is 8.82. The Labute approximate surface area is 187 Å². The molecule has 0 N–H and O–H groups in total. The Hall–Kier alpha value is -3.46. The molecule has 0 unspecified atom stereocenters. The van der Waals surface area contributed by atoms with Crippen LogP contribution in [0.5, 0.6) is 11.5 Å². The molecule has 3 nitrogen and oxygen atoms in total. The van der Waals surface area contributed by atoms with Gasteiger partial charge in [-0.25, -0.2) is 4.57 Å². The normalized spacial score (nSPS) is 15.4. The number of rotatable bonds is 1. The third-order valence-corrected chi connectivity index (χ3v) is 7.63. The average molecular weight is 418 g/mol. The molecule has 32 heavy (non-hydrogen) atoms. The maximum Gasteiger partial charge on any atom is 0.287 e. The van der Waals surface area contributed by atoms with E-state index in [1.807, 2.05) is 6.33 Å². The van der Waals surface area contributed by atoms with Gasteiger partial charge in [0.25, 0.3) is 6.33 Å². The van der Waals surface area contributed by atoms with Crippen molar-refractivity contribution in [3.63, 3.8) is 0 Å². The lowest BCUT2D eigenvalue weighted by Crippen LogP contribution is -2.32. The summed E-state index contributed by atoms with van der Waals surface area (Å²) in [5.41, 5.74) is 6.13. The minimum atomic E-state index is 0.643. The number of nitrogens with zero attached hydrogens (tertiary/aromatic N) is 2. The monoisotopic (exact) mass is 417 g/mol. The van der Waals surface area contributed by atoms with E-state index in [2.05, 4.69) is 73.1 Å². The molecule has 0 amide bonds. The third-order valence-electron chi connectivity index (χ3n) is 7.63. The highest BCUT2D eigenvalue weighted by atomic mass is 16.5. The van der Waals surface area contributed by atoms with Gasteiger partial charge in [0.2, 0.25) is 0 Å². The van der Waals surface area contributed by atoms with Gasteiger partial charge >= 0.3 is 0 Å². The van der Waals surface area contributed by atoms with Gasteiger partial charge in [-0.15, -0.1) is 0 Å². The highest BCUT2D eigenvalue weighted by Gasteiger charge is 2.31. The van der Waals surface area contributed by atoms with E-state index >= 15 is 0 Å². The number of hydrogen-bond acceptors (Lipinski definition) is 2. The second-order valence-electron chi connectivity index (χ2n) is 9.42. The molecule has 5 aromatic rings. The van der Waals surface area contributed by atoms with Gasteiger partial charge in [0.15, 0.2) is 11.2 Å². The van der Waals surface area contributed by atoms with Gasteiger partial charge in [0.1, 0.15) is 16.9 Å². The molecule has 0 radical (unpaired) electrons. The fourth-order valence-corrected chi connectivity index (χ4v) is 6.11. The van der Waals surface area contributed by atoms with Crippen LogP contribution in [-0.2, 0) is 7.05 Å². The number of aromatic nitrogens is 2. The molecule has 3 heteroatoms. The molecule has 1 saturated carbocycles. The molecule has 0 spiro atoms. The van der Waals surface area contributed by atoms with E-state index in [1.165, 1.54) is 69.6 Å². The van der Waals surface area contributed by atoms with Crippen LogP contribution in [0.1, 0.15) is 42.7 Å². The summed E-state index contributed by atoms with van der Waals surface area (Å²) in [6.07, 6.45) is 7.19. The quantitative estimate of drug-likeness (QED) is 0.211. The van der Waals surface area contributed by atoms with Crippen LogP contribution in [0.25, 0.3) is 43.7 Å². The van der Waals surface area contributed by atoms with Crippen LogP contribution in [0, 0.1) is 6.92 Å². The predicted octanol–water partition coefficient (Wildman–Crippen LogP) is 7.10. The van der Waals surface area contributed by atoms with Crippen LogP contribution in [0.4, 0.5) is 0 Å². The standard InChI is InChI=1S/C29H25N2O/c1-17-20-11-6-5-10-19(20)14-24-26(17)29-27-25(32-24)15-23-21(18-8-3-4-9-18)12-7-13-22(23)28(27)30-16-31(29)2/h5-7,10-16,18H,3-4,8-9H2,1-2H3/q+1. The van der Waals surface area contributed by atoms with Crippen LogP contribution in [0.3, 0.4) is 0 Å². The van der Waals surface area contributed by atoms with E-state index in [9.17, 15) is 0 Å². The summed E-state index contributed by atoms with van der Waals surface area (Å²) in [6.45, 7) is 2.21. The molecular weight excluding hydrogens is 392 g/mol. The van der Waals surface area contributed by atoms with E-state index in [4.69, 9.17) is 9.72 Å². The highest BCUT2D eigenvalue weighted by Crippen LogP contribution is 2.50. The fraction of sp³-hybridized carbons (Fsp3) is 0.241. The molecule has 2 heterocycles. The first-order valence-electron chi connectivity index (χ1n) is 11.7. The Bertz CT molecular complexity index is 1580. The molecular formula is C29H25N2O+. The van der Waals surface area contributed by atoms with Crippen molar-refractivity contribution in [2.24, 2.45) is 7.05 Å². The van der Waals surface area contributed by atoms with Gasteiger partial charge in [-0.2, -0.15) is 0 Å². The summed E-state index contributed by atoms with van der Waals surface area (Å²) in [5, 5.41) is 6.15. The Morgan fingerprint density at radius 2 is 1.72 bits per heavy atom. The van der Waals surface area contributed by atoms with Crippen LogP contribution in [-0.4, -0.2) is 4.98 Å². The lowest BCUT2D eigenvalue weighted by Gasteiger charge is -2.23. The Kier molecular flexibility index (Phi) is 3.70. The van der Waals surface area contributed by atoms with Gasteiger partial charge in [0.05, 0.1) is 12.6 Å². The second-order valence-corrected chi connectivity index (χ2v) is 9.42. The first kappa shape index (κ1) is 18.1. The molecule has 0 bridgehead atoms. The van der Waals surface area contributed by atoms with E-state index in [0.717, 1.165) is 22.4 Å². The highest BCUT2D eigenvalue weighted by molar-refractivity contribution is 6.14. The SMILES string of the molecule is Cc1c2c(cc3ccccc13)Oc1cc3c(C4CCCC4)cccc3c3nc[n+](C)c-2c13. The van der Waals surface area contributed by atoms with Crippen molar-refractivity contribution >= 4 is 32.4 Å². The zero-order valence-electron chi connectivity index (χ0n) is 18.5. The van der Waals surface area contributed by atoms with E-state index in [-0.39, 0.29) is 0 Å². The van der Waals surface area contributed by atoms with Crippen molar-refractivity contribution in [3.8, 4) is 22.8 Å². The third kappa shape index (κ3) is 2.37. The number of ether oxygens (including phenoxy) is 1. The molecule has 1 aromatic heterocycles. The number of fused-ring (bicyclic) bond motifs is 5. The molecule has 1 fully saturated rings. The minimum Gasteiger partial charge on any atom is -0.456 e. The van der Waals surface area contributed by atoms with E-state index < -0.39 is 0 Å². The largest absolute Gasteiger partial charge is 0.456 e. The van der Waals surface area contributed by atoms with Crippen molar-refractivity contribution < 1.29 is 9.30 Å². The Morgan fingerprint density at radius 3 is 2.59 bits per heavy atom. The molecule has 1 aliphatic carbocycles. The van der Waals surface area contributed by atoms with Crippen molar-refractivity contribution in [2.45, 2.75) is 38.5 Å². The summed E-state index contributed by atoms with van der Waals surface area (Å²) in [5.74, 6) is 2.51. The minimum absolute atomic E-state index is 0.643. The zero-order chi connectivity index (χ0) is 21.4. The van der Waals surface area contributed by atoms with Gasteiger partial charge in [-0.1, -0.05) is 49.2 Å². The summed E-state index contributed by atoms with van der Waals surface area (Å²) in [6, 6.07) is 19.8. The van der Waals surface area contributed by atoms with E-state index in [0.29, 0.717) is 5.92 Å². The van der Waals surface area contributed by atoms with Crippen molar-refractivity contribution in [3.05, 3.63) is 72.1 Å². The van der Waals surface area contributed by atoms with Crippen LogP contribution in [0.2, 0.25) is 0 Å². The number of benzene rings is 4. The van der Waals surface area contributed by atoms with Gasteiger partial charge in [0, 0.05) is 5.39 Å². The topological polar surface area (TPSA) is 26.0 Å². The lowest BCUT2D eigenvalue weighted by molar-refractivity contribution is -0.662. The Morgan fingerprint density at radius 1 is 0.906 bits per heavy atom. The van der Waals surface area contributed by atoms with Gasteiger partial charge < -0.3 is 4.74 Å². The molecule has 1 aliphatic heterocycles. The molecule has 2 aliphatic rings. The molecule has 0 saturated heterocycles. The van der Waals surface area contributed by atoms with Crippen molar-refractivity contribution in [1.29, 1.82) is 0 Å². The van der Waals surface area contributed by atoms with E-state index in [1.54, 1.807) is 0 Å². The summed E-state index contributed by atoms with van der Waals surface area (Å²) >= 11 is 0. The molecule has 7 rings (SSSR count). The number of aryl methyl sites for hydroxylation is 2. The fourth-order valence-electron chi connectivity index (χ4n) is 6.11. The first-order valence-corrected chi connectivity index (χ1v) is 11.7. The first-order chi connectivity index (χ1) is 15.7. The van der Waals surface area contributed by atoms with Gasteiger partial charge in [-0.05, 0) is 76.2 Å². The van der Waals surface area contributed by atoms with Crippen molar-refractivity contribution in [2.75, 3.05) is 0 Å². The number of hydrogen-bond donors (Lipinski definition) is 0. The van der Waals surface area contributed by atoms with Crippen LogP contribution >= 0.6 is 0 Å². The maximum absolute atomic E-state index is 6.67. The molecule has 156 valence electrons. The average Bonchev–Trinajstić information content (AvgIpc) is 3.35. The predicted molar refractivity (Wildman–Crippen MR) is 129 cm³/mol. The summed E-state index contributed by atoms with van der Waals surface area (Å²) in [4.78, 5) is 4.93. The van der Waals surface area contributed by atoms with Crippen molar-refractivity contribution in [1.82, 2.24) is 4.98 Å². The Balaban J connectivity index is 1.61. The summed E-state index contributed by atoms with van der Waals surface area (Å²) in [7, 11) is 2.09.